The van der Waals surface area contributed by atoms with E-state index >= 15 is 0 Å². The van der Waals surface area contributed by atoms with Gasteiger partial charge < -0.3 is 4.43 Å². The van der Waals surface area contributed by atoms with Crippen molar-refractivity contribution < 1.29 is 35.5 Å². The zero-order valence-electron chi connectivity index (χ0n) is 12.4. The zero-order chi connectivity index (χ0) is 16.3. The predicted molar refractivity (Wildman–Crippen MR) is 73.9 cm³/mol. The monoisotopic (exact) mass is 336 g/mol. The van der Waals surface area contributed by atoms with Gasteiger partial charge in [-0.2, -0.15) is 0 Å². The molecule has 0 unspecified atom stereocenters. The van der Waals surface area contributed by atoms with E-state index in [1.807, 2.05) is 44.2 Å². The molecule has 0 aliphatic rings. The average Bonchev–Trinajstić information content (AvgIpc) is 2.43. The molecule has 20 heavy (non-hydrogen) atoms. The normalized spacial score (nSPS) is 9.65. The summed E-state index contributed by atoms with van der Waals surface area (Å²) in [4.78, 5) is 0. The van der Waals surface area contributed by atoms with Gasteiger partial charge in [-0.05, 0) is 45.6 Å². The van der Waals surface area contributed by atoms with Gasteiger partial charge in [-0.1, -0.05) is 18.2 Å². The van der Waals surface area contributed by atoms with Crippen LogP contribution < -0.4 is 0 Å². The molecule has 0 fully saturated rings. The minimum absolute atomic E-state index is 0. The summed E-state index contributed by atoms with van der Waals surface area (Å²) in [5, 5.41) is 0. The molecule has 0 bridgehead atoms. The second-order valence-corrected chi connectivity index (χ2v) is 8.22. The number of allylic oxidation sites excluding steroid dienone is 5. The second kappa shape index (κ2) is 26.5. The van der Waals surface area contributed by atoms with Crippen molar-refractivity contribution in [3.05, 3.63) is 56.1 Å². The predicted octanol–water partition coefficient (Wildman–Crippen LogP) is 3.76. The molecular formula is C14H20FeO4Si. The molecule has 0 heterocycles. The molecule has 6 heteroatoms. The summed E-state index contributed by atoms with van der Waals surface area (Å²) in [5.74, 6) is 0.970. The Morgan fingerprint density at radius 2 is 1.30 bits per heavy atom. The first-order chi connectivity index (χ1) is 8.99. The first-order valence-corrected chi connectivity index (χ1v) is 8.66. The first kappa shape index (κ1) is 31.4. The van der Waals surface area contributed by atoms with Crippen LogP contribution in [0.15, 0.2) is 36.1 Å². The van der Waals surface area contributed by atoms with Gasteiger partial charge in [-0.15, -0.1) is 0 Å². The van der Waals surface area contributed by atoms with Crippen LogP contribution in [0, 0.1) is 20.0 Å². The van der Waals surface area contributed by atoms with Crippen molar-refractivity contribution in [1.82, 2.24) is 0 Å². The van der Waals surface area contributed by atoms with Crippen LogP contribution in [0.25, 0.3) is 0 Å². The van der Waals surface area contributed by atoms with Crippen molar-refractivity contribution >= 4 is 8.32 Å². The Labute approximate surface area is 133 Å². The van der Waals surface area contributed by atoms with Crippen molar-refractivity contribution in [2.75, 3.05) is 0 Å². The first-order valence-electron chi connectivity index (χ1n) is 5.25. The van der Waals surface area contributed by atoms with Gasteiger partial charge in [0, 0.05) is 17.1 Å². The maximum atomic E-state index is 7.50. The second-order valence-electron chi connectivity index (χ2n) is 3.79. The third-order valence-corrected chi connectivity index (χ3v) is 2.12. The fraction of sp³-hybridized carbons (Fsp3) is 0.357. The fourth-order valence-electron chi connectivity index (χ4n) is 0.804. The molecule has 0 aliphatic heterocycles. The molecule has 0 amide bonds. The van der Waals surface area contributed by atoms with Crippen LogP contribution in [0.2, 0.25) is 19.6 Å². The Morgan fingerprint density at radius 1 is 0.900 bits per heavy atom. The van der Waals surface area contributed by atoms with E-state index in [9.17, 15) is 0 Å². The van der Waals surface area contributed by atoms with E-state index in [0.29, 0.717) is 0 Å². The summed E-state index contributed by atoms with van der Waals surface area (Å²) in [6.45, 7) is 24.0. The van der Waals surface area contributed by atoms with E-state index in [0.717, 1.165) is 5.76 Å². The van der Waals surface area contributed by atoms with Gasteiger partial charge in [0.15, 0.2) is 0 Å². The van der Waals surface area contributed by atoms with Crippen molar-refractivity contribution in [1.29, 1.82) is 0 Å². The van der Waals surface area contributed by atoms with Gasteiger partial charge in [-0.25, -0.2) is 0 Å². The van der Waals surface area contributed by atoms with Crippen molar-refractivity contribution in [2.24, 2.45) is 0 Å². The third kappa shape index (κ3) is 36.0. The van der Waals surface area contributed by atoms with Crippen molar-refractivity contribution in [2.45, 2.75) is 33.5 Å². The van der Waals surface area contributed by atoms with Crippen LogP contribution in [0.3, 0.4) is 0 Å². The summed E-state index contributed by atoms with van der Waals surface area (Å²) < 4.78 is 28.3. The molecule has 0 aromatic heterocycles. The minimum Gasteiger partial charge on any atom is 0 e. The quantitative estimate of drug-likeness (QED) is 0.253. The molecule has 4 nitrogen and oxygen atoms in total. The van der Waals surface area contributed by atoms with Crippen LogP contribution in [0.1, 0.15) is 13.8 Å². The molecule has 0 aromatic carbocycles. The molecule has 0 saturated heterocycles. The van der Waals surface area contributed by atoms with E-state index in [1.165, 1.54) is 0 Å². The Balaban J connectivity index is -0.0000000940. The van der Waals surface area contributed by atoms with E-state index in [1.54, 1.807) is 0 Å². The minimum atomic E-state index is -1.45. The Morgan fingerprint density at radius 3 is 1.55 bits per heavy atom. The van der Waals surface area contributed by atoms with Gasteiger partial charge in [0.1, 0.15) is 0 Å². The summed E-state index contributed by atoms with van der Waals surface area (Å²) >= 11 is 0. The smallest absolute Gasteiger partial charge is 0 e. The molecule has 0 saturated carbocycles. The van der Waals surface area contributed by atoms with E-state index in [4.69, 9.17) is 18.4 Å². The molecule has 0 radical (unpaired) electrons. The summed E-state index contributed by atoms with van der Waals surface area (Å²) in [5.41, 5.74) is 0. The maximum Gasteiger partial charge on any atom is 0 e. The SMILES string of the molecule is C/C=C/C=C/C(=C\C)O[Si](C)(C)C.[C-]#[O+].[C-]#[O+].[C-]#[O+].[Fe]. The van der Waals surface area contributed by atoms with Gasteiger partial charge >= 0.3 is 33.9 Å². The van der Waals surface area contributed by atoms with E-state index < -0.39 is 8.32 Å². The molecule has 0 spiro atoms. The molecule has 0 aromatic rings. The van der Waals surface area contributed by atoms with Crippen LogP contribution in [-0.4, -0.2) is 8.32 Å². The summed E-state index contributed by atoms with van der Waals surface area (Å²) in [6, 6.07) is 0. The number of hydrogen-bond donors (Lipinski definition) is 0. The van der Waals surface area contributed by atoms with Gasteiger partial charge in [0.25, 0.3) is 0 Å². The standard InChI is InChI=1S/C11H20OSi.3CO.Fe/c1-6-8-9-10-11(7-2)12-13(3,4)5;3*1-2;/h6-10H,1-5H3;;;;/b8-6+,10-9+,11-7+;;;;. The molecule has 0 aliphatic carbocycles. The Bertz CT molecular complexity index is 319. The van der Waals surface area contributed by atoms with Crippen molar-refractivity contribution in [3.63, 3.8) is 0 Å². The van der Waals surface area contributed by atoms with Crippen molar-refractivity contribution in [3.8, 4) is 0 Å². The molecule has 0 rings (SSSR count). The van der Waals surface area contributed by atoms with Crippen LogP contribution >= 0.6 is 0 Å². The zero-order valence-corrected chi connectivity index (χ0v) is 14.5. The van der Waals surface area contributed by atoms with Gasteiger partial charge in [0.2, 0.25) is 8.32 Å². The van der Waals surface area contributed by atoms with Gasteiger partial charge in [0.05, 0.1) is 5.76 Å². The van der Waals surface area contributed by atoms with Gasteiger partial charge in [-0.3, -0.25) is 0 Å². The average molecular weight is 336 g/mol. The maximum absolute atomic E-state index is 7.50. The van der Waals surface area contributed by atoms with E-state index in [-0.39, 0.29) is 17.1 Å². The summed E-state index contributed by atoms with van der Waals surface area (Å²) in [6.07, 6.45) is 9.99. The fourth-order valence-corrected chi connectivity index (χ4v) is 1.70. The summed E-state index contributed by atoms with van der Waals surface area (Å²) in [7, 11) is -1.45. The molecule has 0 N–H and O–H groups in total. The molecular weight excluding hydrogens is 316 g/mol. The van der Waals surface area contributed by atoms with Crippen LogP contribution in [-0.2, 0) is 35.5 Å². The Hall–Kier alpha value is -1.02. The molecule has 112 valence electrons. The van der Waals surface area contributed by atoms with Crippen LogP contribution in [0.5, 0.6) is 0 Å². The largest absolute Gasteiger partial charge is 0 e. The third-order valence-electron chi connectivity index (χ3n) is 1.27. The van der Waals surface area contributed by atoms with Crippen LogP contribution in [0.4, 0.5) is 0 Å². The number of rotatable bonds is 4. The number of hydrogen-bond acceptors (Lipinski definition) is 1. The molecule has 0 atom stereocenters. The topological polar surface area (TPSA) is 68.9 Å². The Kier molecular flexibility index (Phi) is 41.6. The van der Waals surface area contributed by atoms with E-state index in [2.05, 4.69) is 39.6 Å².